The van der Waals surface area contributed by atoms with Crippen molar-refractivity contribution in [1.29, 1.82) is 0 Å². The smallest absolute Gasteiger partial charge is 0.243 e. The molecule has 0 bridgehead atoms. The van der Waals surface area contributed by atoms with Gasteiger partial charge in [0.2, 0.25) is 10.0 Å². The number of sulfonamides is 1. The molecule has 7 heteroatoms. The highest BCUT2D eigenvalue weighted by molar-refractivity contribution is 7.89. The van der Waals surface area contributed by atoms with Gasteiger partial charge in [-0.15, -0.1) is 12.4 Å². The van der Waals surface area contributed by atoms with E-state index < -0.39 is 10.0 Å². The SMILES string of the molecule is Cl.Nc1cc(S(=O)(=O)N2CCCCCC2)ccc1Cl. The molecule has 1 aromatic rings. The molecule has 0 unspecified atom stereocenters. The first-order valence-corrected chi connectivity index (χ1v) is 7.89. The van der Waals surface area contributed by atoms with Crippen LogP contribution < -0.4 is 5.73 Å². The van der Waals surface area contributed by atoms with Gasteiger partial charge in [-0.2, -0.15) is 4.31 Å². The molecule has 0 atom stereocenters. The van der Waals surface area contributed by atoms with Crippen LogP contribution in [0.5, 0.6) is 0 Å². The molecule has 0 saturated carbocycles. The molecule has 1 aromatic carbocycles. The third kappa shape index (κ3) is 3.75. The summed E-state index contributed by atoms with van der Waals surface area (Å²) >= 11 is 5.81. The van der Waals surface area contributed by atoms with E-state index in [2.05, 4.69) is 0 Å². The van der Waals surface area contributed by atoms with Crippen LogP contribution in [0.3, 0.4) is 0 Å². The van der Waals surface area contributed by atoms with E-state index in [0.717, 1.165) is 25.7 Å². The zero-order valence-corrected chi connectivity index (χ0v) is 12.9. The summed E-state index contributed by atoms with van der Waals surface area (Å²) in [6, 6.07) is 4.48. The molecule has 1 saturated heterocycles. The van der Waals surface area contributed by atoms with Gasteiger partial charge >= 0.3 is 0 Å². The maximum atomic E-state index is 12.4. The third-order valence-corrected chi connectivity index (χ3v) is 5.41. The van der Waals surface area contributed by atoms with Crippen LogP contribution in [-0.4, -0.2) is 25.8 Å². The standard InChI is InChI=1S/C12H17ClN2O2S.ClH/c13-11-6-5-10(9-12(11)14)18(16,17)15-7-3-1-2-4-8-15;/h5-6,9H,1-4,7-8,14H2;1H. The predicted molar refractivity (Wildman–Crippen MR) is 80.3 cm³/mol. The molecule has 2 N–H and O–H groups in total. The first-order valence-electron chi connectivity index (χ1n) is 6.07. The number of rotatable bonds is 2. The highest BCUT2D eigenvalue weighted by atomic mass is 35.5. The number of benzene rings is 1. The summed E-state index contributed by atoms with van der Waals surface area (Å²) in [5.74, 6) is 0. The van der Waals surface area contributed by atoms with Crippen LogP contribution in [0.2, 0.25) is 5.02 Å². The summed E-state index contributed by atoms with van der Waals surface area (Å²) in [5.41, 5.74) is 5.96. The van der Waals surface area contributed by atoms with Crippen molar-refractivity contribution in [1.82, 2.24) is 4.31 Å². The average molecular weight is 325 g/mol. The van der Waals surface area contributed by atoms with Crippen LogP contribution in [0, 0.1) is 0 Å². The van der Waals surface area contributed by atoms with E-state index in [0.29, 0.717) is 23.8 Å². The van der Waals surface area contributed by atoms with Crippen LogP contribution in [0.15, 0.2) is 23.1 Å². The van der Waals surface area contributed by atoms with E-state index in [4.69, 9.17) is 17.3 Å². The van der Waals surface area contributed by atoms with E-state index in [1.165, 1.54) is 18.2 Å². The maximum absolute atomic E-state index is 12.4. The lowest BCUT2D eigenvalue weighted by molar-refractivity contribution is 0.424. The van der Waals surface area contributed by atoms with E-state index in [1.807, 2.05) is 0 Å². The number of hydrogen-bond acceptors (Lipinski definition) is 3. The number of nitrogens with two attached hydrogens (primary N) is 1. The number of anilines is 1. The molecule has 0 aromatic heterocycles. The van der Waals surface area contributed by atoms with Crippen molar-refractivity contribution in [3.05, 3.63) is 23.2 Å². The minimum absolute atomic E-state index is 0. The Hall–Kier alpha value is -0.490. The maximum Gasteiger partial charge on any atom is 0.243 e. The lowest BCUT2D eigenvalue weighted by Crippen LogP contribution is -2.31. The summed E-state index contributed by atoms with van der Waals surface area (Å²) in [4.78, 5) is 0.228. The van der Waals surface area contributed by atoms with Gasteiger partial charge in [0.25, 0.3) is 0 Å². The molecular formula is C12H18Cl2N2O2S. The van der Waals surface area contributed by atoms with Crippen LogP contribution in [-0.2, 0) is 10.0 Å². The Kier molecular flexibility index (Phi) is 5.92. The summed E-state index contributed by atoms with van der Waals surface area (Å²) in [5, 5.41) is 0.379. The number of halogens is 2. The highest BCUT2D eigenvalue weighted by Gasteiger charge is 2.25. The number of hydrogen-bond donors (Lipinski definition) is 1. The quantitative estimate of drug-likeness (QED) is 0.851. The Morgan fingerprint density at radius 3 is 2.21 bits per heavy atom. The third-order valence-electron chi connectivity index (χ3n) is 3.17. The van der Waals surface area contributed by atoms with Gasteiger partial charge in [0, 0.05) is 13.1 Å². The molecular weight excluding hydrogens is 307 g/mol. The van der Waals surface area contributed by atoms with Gasteiger partial charge in [0.1, 0.15) is 0 Å². The Morgan fingerprint density at radius 1 is 1.11 bits per heavy atom. The van der Waals surface area contributed by atoms with Gasteiger partial charge in [-0.25, -0.2) is 8.42 Å². The van der Waals surface area contributed by atoms with Crippen LogP contribution >= 0.6 is 24.0 Å². The fraction of sp³-hybridized carbons (Fsp3) is 0.500. The molecule has 0 aliphatic carbocycles. The molecule has 0 radical (unpaired) electrons. The lowest BCUT2D eigenvalue weighted by Gasteiger charge is -2.20. The van der Waals surface area contributed by atoms with E-state index in [9.17, 15) is 8.42 Å². The average Bonchev–Trinajstić information content (AvgIpc) is 2.61. The van der Waals surface area contributed by atoms with Gasteiger partial charge in [-0.1, -0.05) is 24.4 Å². The molecule has 19 heavy (non-hydrogen) atoms. The van der Waals surface area contributed by atoms with Crippen molar-refractivity contribution in [2.24, 2.45) is 0 Å². The van der Waals surface area contributed by atoms with Gasteiger partial charge in [-0.05, 0) is 31.0 Å². The molecule has 1 fully saturated rings. The van der Waals surface area contributed by atoms with E-state index in [-0.39, 0.29) is 17.3 Å². The second-order valence-corrected chi connectivity index (χ2v) is 6.85. The van der Waals surface area contributed by atoms with Gasteiger partial charge in [0.05, 0.1) is 15.6 Å². The zero-order chi connectivity index (χ0) is 13.2. The van der Waals surface area contributed by atoms with Crippen molar-refractivity contribution in [2.45, 2.75) is 30.6 Å². The molecule has 4 nitrogen and oxygen atoms in total. The Balaban J connectivity index is 0.00000180. The van der Waals surface area contributed by atoms with Crippen LogP contribution in [0.25, 0.3) is 0 Å². The Bertz CT molecular complexity index is 527. The van der Waals surface area contributed by atoms with Gasteiger partial charge in [-0.3, -0.25) is 0 Å². The van der Waals surface area contributed by atoms with Gasteiger partial charge < -0.3 is 5.73 Å². The Morgan fingerprint density at radius 2 is 1.68 bits per heavy atom. The van der Waals surface area contributed by atoms with Crippen molar-refractivity contribution < 1.29 is 8.42 Å². The summed E-state index contributed by atoms with van der Waals surface area (Å²) in [6.07, 6.45) is 4.02. The van der Waals surface area contributed by atoms with E-state index in [1.54, 1.807) is 4.31 Å². The minimum Gasteiger partial charge on any atom is -0.397 e. The second kappa shape index (κ2) is 6.79. The highest BCUT2D eigenvalue weighted by Crippen LogP contribution is 2.25. The fourth-order valence-electron chi connectivity index (χ4n) is 2.11. The molecule has 1 heterocycles. The van der Waals surface area contributed by atoms with Crippen molar-refractivity contribution in [3.63, 3.8) is 0 Å². The first kappa shape index (κ1) is 16.6. The largest absolute Gasteiger partial charge is 0.397 e. The minimum atomic E-state index is -3.43. The topological polar surface area (TPSA) is 63.4 Å². The second-order valence-electron chi connectivity index (χ2n) is 4.50. The zero-order valence-electron chi connectivity index (χ0n) is 10.5. The first-order chi connectivity index (χ1) is 8.51. The summed E-state index contributed by atoms with van der Waals surface area (Å²) in [6.45, 7) is 1.18. The summed E-state index contributed by atoms with van der Waals surface area (Å²) in [7, 11) is -3.43. The molecule has 108 valence electrons. The normalized spacial score (nSPS) is 17.5. The van der Waals surface area contributed by atoms with Gasteiger partial charge in [0.15, 0.2) is 0 Å². The van der Waals surface area contributed by atoms with Crippen LogP contribution in [0.1, 0.15) is 25.7 Å². The molecule has 0 amide bonds. The monoisotopic (exact) mass is 324 g/mol. The van der Waals surface area contributed by atoms with Crippen LogP contribution in [0.4, 0.5) is 5.69 Å². The number of nitrogen functional groups attached to an aromatic ring is 1. The molecule has 2 rings (SSSR count). The Labute approximate surface area is 125 Å². The molecule has 0 spiro atoms. The van der Waals surface area contributed by atoms with E-state index >= 15 is 0 Å². The summed E-state index contributed by atoms with van der Waals surface area (Å²) < 4.78 is 26.4. The van der Waals surface area contributed by atoms with Crippen molar-refractivity contribution in [3.8, 4) is 0 Å². The molecule has 1 aliphatic rings. The molecule has 1 aliphatic heterocycles. The van der Waals surface area contributed by atoms with Crippen molar-refractivity contribution >= 4 is 39.7 Å². The van der Waals surface area contributed by atoms with Crippen molar-refractivity contribution in [2.75, 3.05) is 18.8 Å². The lowest BCUT2D eigenvalue weighted by atomic mass is 10.2. The number of nitrogens with zero attached hydrogens (tertiary/aromatic N) is 1. The fourth-order valence-corrected chi connectivity index (χ4v) is 3.78. The predicted octanol–water partition coefficient (Wildman–Crippen LogP) is 2.91.